The van der Waals surface area contributed by atoms with Crippen molar-refractivity contribution in [3.05, 3.63) is 41.3 Å². The Labute approximate surface area is 147 Å². The molecule has 1 aliphatic heterocycles. The van der Waals surface area contributed by atoms with Crippen LogP contribution in [0.2, 0.25) is 0 Å². The van der Waals surface area contributed by atoms with Gasteiger partial charge in [-0.05, 0) is 31.4 Å². The van der Waals surface area contributed by atoms with Gasteiger partial charge in [0.15, 0.2) is 6.10 Å². The summed E-state index contributed by atoms with van der Waals surface area (Å²) in [5.41, 5.74) is 0.722. The van der Waals surface area contributed by atoms with Crippen LogP contribution in [0.4, 0.5) is 0 Å². The van der Waals surface area contributed by atoms with E-state index in [1.54, 1.807) is 29.2 Å². The zero-order valence-electron chi connectivity index (χ0n) is 14.1. The molecule has 25 heavy (non-hydrogen) atoms. The lowest BCUT2D eigenvalue weighted by Gasteiger charge is -2.20. The molecule has 1 aliphatic rings. The monoisotopic (exact) mass is 366 g/mol. The van der Waals surface area contributed by atoms with E-state index in [1.807, 2.05) is 6.07 Å². The summed E-state index contributed by atoms with van der Waals surface area (Å²) in [7, 11) is -3.77. The van der Waals surface area contributed by atoms with Crippen LogP contribution in [0.15, 0.2) is 35.7 Å². The minimum atomic E-state index is -3.77. The molecule has 0 saturated carbocycles. The van der Waals surface area contributed by atoms with Gasteiger partial charge in [0.25, 0.3) is 5.91 Å². The fraction of sp³-hybridized carbons (Fsp3) is 0.412. The number of sulfonamides is 1. The predicted octanol–water partition coefficient (Wildman–Crippen LogP) is 1.13. The van der Waals surface area contributed by atoms with Crippen molar-refractivity contribution in [2.75, 3.05) is 19.6 Å². The summed E-state index contributed by atoms with van der Waals surface area (Å²) < 4.78 is 30.8. The van der Waals surface area contributed by atoms with E-state index in [2.05, 4.69) is 4.72 Å². The van der Waals surface area contributed by atoms with Crippen molar-refractivity contribution in [1.82, 2.24) is 9.62 Å². The molecule has 0 bridgehead atoms. The van der Waals surface area contributed by atoms with Crippen LogP contribution < -0.4 is 4.72 Å². The third kappa shape index (κ3) is 6.32. The SMILES string of the molecule is C[C@@H](OC(=O)CNS(=O)(=O)/C=C/c1ccccc1)C(=O)N1CCCC1. The van der Waals surface area contributed by atoms with E-state index < -0.39 is 28.6 Å². The highest BCUT2D eigenvalue weighted by atomic mass is 32.2. The minimum absolute atomic E-state index is 0.252. The molecule has 1 saturated heterocycles. The number of amides is 1. The smallest absolute Gasteiger partial charge is 0.321 e. The third-order valence-electron chi connectivity index (χ3n) is 3.73. The lowest BCUT2D eigenvalue weighted by Crippen LogP contribution is -2.40. The number of carbonyl (C=O) groups excluding carboxylic acids is 2. The molecule has 2 rings (SSSR count). The van der Waals surface area contributed by atoms with Gasteiger partial charge in [-0.25, -0.2) is 13.1 Å². The molecule has 1 aromatic carbocycles. The Morgan fingerprint density at radius 2 is 1.88 bits per heavy atom. The number of carbonyl (C=O) groups is 2. The number of hydrogen-bond donors (Lipinski definition) is 1. The molecule has 0 aliphatic carbocycles. The minimum Gasteiger partial charge on any atom is -0.452 e. The van der Waals surface area contributed by atoms with Crippen LogP contribution in [0.1, 0.15) is 25.3 Å². The van der Waals surface area contributed by atoms with Gasteiger partial charge in [-0.1, -0.05) is 30.3 Å². The van der Waals surface area contributed by atoms with Gasteiger partial charge < -0.3 is 9.64 Å². The Balaban J connectivity index is 1.80. The Morgan fingerprint density at radius 1 is 1.24 bits per heavy atom. The maximum absolute atomic E-state index is 12.0. The number of nitrogens with zero attached hydrogens (tertiary/aromatic N) is 1. The van der Waals surface area contributed by atoms with Gasteiger partial charge in [0.05, 0.1) is 0 Å². The molecule has 0 spiro atoms. The van der Waals surface area contributed by atoms with Gasteiger partial charge in [-0.2, -0.15) is 0 Å². The van der Waals surface area contributed by atoms with Crippen LogP contribution in [0.5, 0.6) is 0 Å². The van der Waals surface area contributed by atoms with Crippen molar-refractivity contribution in [1.29, 1.82) is 0 Å². The molecule has 0 radical (unpaired) electrons. The number of nitrogens with one attached hydrogen (secondary N) is 1. The number of ether oxygens (including phenoxy) is 1. The second-order valence-electron chi connectivity index (χ2n) is 5.74. The van der Waals surface area contributed by atoms with Crippen LogP contribution in [0, 0.1) is 0 Å². The first-order valence-corrected chi connectivity index (χ1v) is 9.63. The van der Waals surface area contributed by atoms with Crippen LogP contribution in [0.3, 0.4) is 0 Å². The van der Waals surface area contributed by atoms with Crippen molar-refractivity contribution in [3.8, 4) is 0 Å². The van der Waals surface area contributed by atoms with Gasteiger partial charge in [0.1, 0.15) is 6.54 Å². The third-order valence-corrected chi connectivity index (χ3v) is 4.77. The fourth-order valence-electron chi connectivity index (χ4n) is 2.42. The number of benzene rings is 1. The summed E-state index contributed by atoms with van der Waals surface area (Å²) in [5, 5.41) is 0.981. The normalized spacial score (nSPS) is 16.1. The molecule has 1 amide bonds. The van der Waals surface area contributed by atoms with Gasteiger partial charge in [-0.15, -0.1) is 0 Å². The first kappa shape index (κ1) is 19.1. The predicted molar refractivity (Wildman–Crippen MR) is 93.8 cm³/mol. The number of rotatable bonds is 7. The number of likely N-dealkylation sites (tertiary alicyclic amines) is 1. The molecule has 1 fully saturated rings. The highest BCUT2D eigenvalue weighted by Gasteiger charge is 2.26. The Morgan fingerprint density at radius 3 is 2.52 bits per heavy atom. The molecule has 1 atom stereocenters. The Hall–Kier alpha value is -2.19. The van der Waals surface area contributed by atoms with E-state index in [0.717, 1.165) is 23.8 Å². The van der Waals surface area contributed by atoms with Gasteiger partial charge in [0, 0.05) is 18.5 Å². The van der Waals surface area contributed by atoms with E-state index in [1.165, 1.54) is 13.0 Å². The van der Waals surface area contributed by atoms with E-state index >= 15 is 0 Å². The molecular formula is C17H22N2O5S. The fourth-order valence-corrected chi connectivity index (χ4v) is 3.18. The van der Waals surface area contributed by atoms with Gasteiger partial charge in [0.2, 0.25) is 10.0 Å². The largest absolute Gasteiger partial charge is 0.452 e. The van der Waals surface area contributed by atoms with Crippen LogP contribution >= 0.6 is 0 Å². The first-order valence-electron chi connectivity index (χ1n) is 8.08. The zero-order chi connectivity index (χ0) is 18.3. The van der Waals surface area contributed by atoms with Gasteiger partial charge >= 0.3 is 5.97 Å². The zero-order valence-corrected chi connectivity index (χ0v) is 14.9. The average molecular weight is 366 g/mol. The lowest BCUT2D eigenvalue weighted by atomic mass is 10.2. The molecule has 0 unspecified atom stereocenters. The lowest BCUT2D eigenvalue weighted by molar-refractivity contribution is -0.157. The average Bonchev–Trinajstić information content (AvgIpc) is 3.13. The van der Waals surface area contributed by atoms with Crippen molar-refractivity contribution >= 4 is 28.0 Å². The van der Waals surface area contributed by atoms with Crippen molar-refractivity contribution in [2.24, 2.45) is 0 Å². The maximum atomic E-state index is 12.0. The standard InChI is InChI=1S/C17H22N2O5S/c1-14(17(21)19-10-5-6-11-19)24-16(20)13-18-25(22,23)12-9-15-7-3-2-4-8-15/h2-4,7-9,12,14,18H,5-6,10-11,13H2,1H3/b12-9+/t14-/m1/s1. The molecule has 0 aromatic heterocycles. The highest BCUT2D eigenvalue weighted by Crippen LogP contribution is 2.10. The number of hydrogen-bond acceptors (Lipinski definition) is 5. The van der Waals surface area contributed by atoms with Crippen LogP contribution in [-0.2, 0) is 24.3 Å². The quantitative estimate of drug-likeness (QED) is 0.730. The molecule has 1 N–H and O–H groups in total. The van der Waals surface area contributed by atoms with Crippen LogP contribution in [0.25, 0.3) is 6.08 Å². The van der Waals surface area contributed by atoms with Crippen molar-refractivity contribution in [3.63, 3.8) is 0 Å². The second-order valence-corrected chi connectivity index (χ2v) is 7.39. The molecule has 7 nitrogen and oxygen atoms in total. The summed E-state index contributed by atoms with van der Waals surface area (Å²) in [4.78, 5) is 25.4. The molecule has 1 aromatic rings. The van der Waals surface area contributed by atoms with Crippen LogP contribution in [-0.4, -0.2) is 50.9 Å². The summed E-state index contributed by atoms with van der Waals surface area (Å²) in [6.45, 7) is 2.29. The van der Waals surface area contributed by atoms with E-state index in [4.69, 9.17) is 4.74 Å². The van der Waals surface area contributed by atoms with Gasteiger partial charge in [-0.3, -0.25) is 9.59 Å². The molecule has 1 heterocycles. The Kier molecular flexibility index (Phi) is 6.72. The second kappa shape index (κ2) is 8.77. The van der Waals surface area contributed by atoms with Crippen molar-refractivity contribution < 1.29 is 22.7 Å². The van der Waals surface area contributed by atoms with E-state index in [-0.39, 0.29) is 5.91 Å². The maximum Gasteiger partial charge on any atom is 0.321 e. The van der Waals surface area contributed by atoms with Crippen molar-refractivity contribution in [2.45, 2.75) is 25.9 Å². The molecular weight excluding hydrogens is 344 g/mol. The summed E-state index contributed by atoms with van der Waals surface area (Å²) in [6.07, 6.45) is 2.39. The van der Waals surface area contributed by atoms with E-state index in [9.17, 15) is 18.0 Å². The summed E-state index contributed by atoms with van der Waals surface area (Å²) in [5.74, 6) is -1.05. The highest BCUT2D eigenvalue weighted by molar-refractivity contribution is 7.92. The van der Waals surface area contributed by atoms with E-state index in [0.29, 0.717) is 13.1 Å². The molecule has 8 heteroatoms. The Bertz CT molecular complexity index is 725. The summed E-state index contributed by atoms with van der Waals surface area (Å²) >= 11 is 0. The first-order chi connectivity index (χ1) is 11.9. The summed E-state index contributed by atoms with van der Waals surface area (Å²) in [6, 6.07) is 8.91. The number of esters is 1. The topological polar surface area (TPSA) is 92.8 Å². The molecule has 136 valence electrons.